The van der Waals surface area contributed by atoms with E-state index in [1.165, 1.54) is 0 Å². The normalized spacial score (nSPS) is 21.6. The highest BCUT2D eigenvalue weighted by molar-refractivity contribution is 7.99. The predicted octanol–water partition coefficient (Wildman–Crippen LogP) is 2.12. The SMILES string of the molecule is CCc1nn(CC)c(CC(N)C2CSCCO2)c1Cl. The summed E-state index contributed by atoms with van der Waals surface area (Å²) in [7, 11) is 0. The lowest BCUT2D eigenvalue weighted by molar-refractivity contribution is 0.0567. The molecule has 1 aliphatic heterocycles. The predicted molar refractivity (Wildman–Crippen MR) is 81.0 cm³/mol. The number of thioether (sulfide) groups is 1. The van der Waals surface area contributed by atoms with Crippen molar-refractivity contribution in [2.24, 2.45) is 5.73 Å². The van der Waals surface area contributed by atoms with Crippen molar-refractivity contribution in [1.82, 2.24) is 9.78 Å². The van der Waals surface area contributed by atoms with Gasteiger partial charge in [-0.1, -0.05) is 18.5 Å². The van der Waals surface area contributed by atoms with Crippen molar-refractivity contribution in [3.8, 4) is 0 Å². The van der Waals surface area contributed by atoms with Crippen molar-refractivity contribution in [2.75, 3.05) is 18.1 Å². The summed E-state index contributed by atoms with van der Waals surface area (Å²) in [6, 6.07) is -0.0167. The molecule has 2 unspecified atom stereocenters. The molecule has 2 N–H and O–H groups in total. The number of aryl methyl sites for hydroxylation is 2. The molecule has 0 spiro atoms. The van der Waals surface area contributed by atoms with E-state index in [1.807, 2.05) is 16.4 Å². The molecule has 0 aliphatic carbocycles. The molecule has 2 atom stereocenters. The van der Waals surface area contributed by atoms with Crippen molar-refractivity contribution in [2.45, 2.75) is 45.4 Å². The van der Waals surface area contributed by atoms with E-state index >= 15 is 0 Å². The fourth-order valence-corrected chi connectivity index (χ4v) is 3.62. The van der Waals surface area contributed by atoms with E-state index in [9.17, 15) is 0 Å². The summed E-state index contributed by atoms with van der Waals surface area (Å²) in [6.07, 6.45) is 1.70. The fraction of sp³-hybridized carbons (Fsp3) is 0.769. The number of rotatable bonds is 5. The van der Waals surface area contributed by atoms with Gasteiger partial charge in [-0.15, -0.1) is 0 Å². The van der Waals surface area contributed by atoms with Crippen LogP contribution in [0.3, 0.4) is 0 Å². The quantitative estimate of drug-likeness (QED) is 0.905. The van der Waals surface area contributed by atoms with Crippen molar-refractivity contribution in [1.29, 1.82) is 0 Å². The van der Waals surface area contributed by atoms with Gasteiger partial charge in [0, 0.05) is 30.5 Å². The number of aromatic nitrogens is 2. The molecule has 6 heteroatoms. The molecule has 4 nitrogen and oxygen atoms in total. The smallest absolute Gasteiger partial charge is 0.0850 e. The number of nitrogens with two attached hydrogens (primary N) is 1. The Morgan fingerprint density at radius 2 is 2.37 bits per heavy atom. The molecule has 0 aromatic carbocycles. The van der Waals surface area contributed by atoms with Crippen LogP contribution in [0.15, 0.2) is 0 Å². The first kappa shape index (κ1) is 15.2. The van der Waals surface area contributed by atoms with Crippen LogP contribution < -0.4 is 5.73 Å². The molecule has 0 amide bonds. The molecular weight excluding hydrogens is 282 g/mol. The third-order valence-corrected chi connectivity index (χ3v) is 4.90. The first-order valence-electron chi connectivity index (χ1n) is 6.86. The molecule has 0 saturated carbocycles. The Bertz CT molecular complexity index is 418. The van der Waals surface area contributed by atoms with Gasteiger partial charge < -0.3 is 10.5 Å². The van der Waals surface area contributed by atoms with E-state index in [0.717, 1.165) is 53.9 Å². The highest BCUT2D eigenvalue weighted by atomic mass is 35.5. The topological polar surface area (TPSA) is 53.1 Å². The summed E-state index contributed by atoms with van der Waals surface area (Å²) in [5.74, 6) is 2.04. The van der Waals surface area contributed by atoms with Gasteiger partial charge in [0.05, 0.1) is 29.1 Å². The van der Waals surface area contributed by atoms with Crippen LogP contribution in [-0.2, 0) is 24.1 Å². The fourth-order valence-electron chi connectivity index (χ4n) is 2.32. The van der Waals surface area contributed by atoms with Crippen LogP contribution in [0.1, 0.15) is 25.2 Å². The Balaban J connectivity index is 2.10. The summed E-state index contributed by atoms with van der Waals surface area (Å²) in [5, 5.41) is 5.31. The minimum absolute atomic E-state index is 0.0167. The molecule has 0 bridgehead atoms. The van der Waals surface area contributed by atoms with Crippen molar-refractivity contribution in [3.05, 3.63) is 16.4 Å². The highest BCUT2D eigenvalue weighted by Gasteiger charge is 2.25. The van der Waals surface area contributed by atoms with E-state index in [0.29, 0.717) is 0 Å². The summed E-state index contributed by atoms with van der Waals surface area (Å²) in [4.78, 5) is 0. The van der Waals surface area contributed by atoms with Crippen LogP contribution in [-0.4, -0.2) is 40.0 Å². The largest absolute Gasteiger partial charge is 0.375 e. The van der Waals surface area contributed by atoms with Crippen LogP contribution in [0.4, 0.5) is 0 Å². The van der Waals surface area contributed by atoms with Crippen LogP contribution in [0, 0.1) is 0 Å². The number of halogens is 1. The zero-order chi connectivity index (χ0) is 13.8. The molecule has 2 rings (SSSR count). The molecule has 108 valence electrons. The van der Waals surface area contributed by atoms with E-state index in [-0.39, 0.29) is 12.1 Å². The molecule has 19 heavy (non-hydrogen) atoms. The number of hydrogen-bond donors (Lipinski definition) is 1. The third-order valence-electron chi connectivity index (χ3n) is 3.44. The van der Waals surface area contributed by atoms with E-state index < -0.39 is 0 Å². The van der Waals surface area contributed by atoms with Crippen molar-refractivity contribution < 1.29 is 4.74 Å². The summed E-state index contributed by atoms with van der Waals surface area (Å²) < 4.78 is 7.71. The molecule has 1 aliphatic rings. The summed E-state index contributed by atoms with van der Waals surface area (Å²) in [6.45, 7) is 5.76. The van der Waals surface area contributed by atoms with Gasteiger partial charge in [0.1, 0.15) is 0 Å². The second-order valence-electron chi connectivity index (χ2n) is 4.73. The lowest BCUT2D eigenvalue weighted by Gasteiger charge is -2.27. The van der Waals surface area contributed by atoms with Crippen LogP contribution in [0.5, 0.6) is 0 Å². The molecule has 1 aromatic heterocycles. The van der Waals surface area contributed by atoms with Crippen LogP contribution >= 0.6 is 23.4 Å². The van der Waals surface area contributed by atoms with Crippen molar-refractivity contribution in [3.63, 3.8) is 0 Å². The molecule has 1 fully saturated rings. The first-order valence-corrected chi connectivity index (χ1v) is 8.39. The van der Waals surface area contributed by atoms with Crippen LogP contribution in [0.25, 0.3) is 0 Å². The lowest BCUT2D eigenvalue weighted by Crippen LogP contribution is -2.43. The Morgan fingerprint density at radius 1 is 1.58 bits per heavy atom. The minimum Gasteiger partial charge on any atom is -0.375 e. The molecule has 2 heterocycles. The average molecular weight is 304 g/mol. The van der Waals surface area contributed by atoms with E-state index in [4.69, 9.17) is 22.1 Å². The zero-order valence-corrected chi connectivity index (χ0v) is 13.1. The molecule has 0 radical (unpaired) electrons. The number of hydrogen-bond acceptors (Lipinski definition) is 4. The number of nitrogens with zero attached hydrogens (tertiary/aromatic N) is 2. The maximum Gasteiger partial charge on any atom is 0.0850 e. The van der Waals surface area contributed by atoms with Gasteiger partial charge in [0.2, 0.25) is 0 Å². The maximum absolute atomic E-state index is 6.41. The average Bonchev–Trinajstić information content (AvgIpc) is 2.76. The standard InChI is InChI=1S/C13H22ClN3OS/c1-3-10-13(14)11(17(4-2)16-10)7-9(15)12-8-19-6-5-18-12/h9,12H,3-8,15H2,1-2H3. The molecule has 1 aromatic rings. The summed E-state index contributed by atoms with van der Waals surface area (Å²) >= 11 is 8.31. The van der Waals surface area contributed by atoms with Gasteiger partial charge in [-0.05, 0) is 13.3 Å². The van der Waals surface area contributed by atoms with Gasteiger partial charge in [-0.3, -0.25) is 4.68 Å². The van der Waals surface area contributed by atoms with Crippen LogP contribution in [0.2, 0.25) is 5.02 Å². The van der Waals surface area contributed by atoms with Gasteiger partial charge >= 0.3 is 0 Å². The number of ether oxygens (including phenoxy) is 1. The highest BCUT2D eigenvalue weighted by Crippen LogP contribution is 2.24. The third kappa shape index (κ3) is 3.45. The van der Waals surface area contributed by atoms with Crippen molar-refractivity contribution >= 4 is 23.4 Å². The van der Waals surface area contributed by atoms with Gasteiger partial charge in [0.25, 0.3) is 0 Å². The first-order chi connectivity index (χ1) is 9.17. The lowest BCUT2D eigenvalue weighted by atomic mass is 10.1. The minimum atomic E-state index is -0.0167. The Hall–Kier alpha value is -0.230. The second-order valence-corrected chi connectivity index (χ2v) is 6.26. The Morgan fingerprint density at radius 3 is 2.95 bits per heavy atom. The Kier molecular flexibility index (Phi) is 5.57. The monoisotopic (exact) mass is 303 g/mol. The van der Waals surface area contributed by atoms with Gasteiger partial charge in [-0.2, -0.15) is 16.9 Å². The Labute approximate surface area is 124 Å². The van der Waals surface area contributed by atoms with Gasteiger partial charge in [-0.25, -0.2) is 0 Å². The molecular formula is C13H22ClN3OS. The van der Waals surface area contributed by atoms with E-state index in [1.54, 1.807) is 0 Å². The van der Waals surface area contributed by atoms with Gasteiger partial charge in [0.15, 0.2) is 0 Å². The molecule has 1 saturated heterocycles. The maximum atomic E-state index is 6.41. The summed E-state index contributed by atoms with van der Waals surface area (Å²) in [5.41, 5.74) is 8.30. The van der Waals surface area contributed by atoms with E-state index in [2.05, 4.69) is 18.9 Å². The second kappa shape index (κ2) is 6.97. The zero-order valence-electron chi connectivity index (χ0n) is 11.6.